The lowest BCUT2D eigenvalue weighted by Crippen LogP contribution is -2.24. The molecule has 0 aromatic heterocycles. The van der Waals surface area contributed by atoms with Crippen LogP contribution in [0.25, 0.3) is 0 Å². The molecule has 0 nitrogen and oxygen atoms in total. The van der Waals surface area contributed by atoms with Gasteiger partial charge in [0.2, 0.25) is 0 Å². The average molecular weight is 238 g/mol. The molecule has 0 amide bonds. The highest BCUT2D eigenvalue weighted by Crippen LogP contribution is 2.64. The summed E-state index contributed by atoms with van der Waals surface area (Å²) in [5, 5.41) is 0. The first-order valence-corrected chi connectivity index (χ1v) is 7.08. The van der Waals surface area contributed by atoms with Crippen molar-refractivity contribution in [3.8, 4) is 0 Å². The number of benzene rings is 1. The van der Waals surface area contributed by atoms with E-state index in [1.807, 2.05) is 0 Å². The average Bonchev–Trinajstić information content (AvgIpc) is 2.86. The van der Waals surface area contributed by atoms with E-state index < -0.39 is 0 Å². The van der Waals surface area contributed by atoms with Gasteiger partial charge >= 0.3 is 0 Å². The smallest absolute Gasteiger partial charge is 0.0149 e. The Morgan fingerprint density at radius 3 is 2.44 bits per heavy atom. The fourth-order valence-corrected chi connectivity index (χ4v) is 4.36. The minimum atomic E-state index is 0.193. The van der Waals surface area contributed by atoms with Gasteiger partial charge in [-0.2, -0.15) is 0 Å². The number of fused-ring (bicyclic) bond motifs is 1. The van der Waals surface area contributed by atoms with E-state index in [1.54, 1.807) is 11.8 Å². The fraction of sp³-hybridized carbons (Fsp3) is 0.444. The molecule has 2 aliphatic carbocycles. The molecule has 94 valence electrons. The Bertz CT molecular complexity index is 429. The van der Waals surface area contributed by atoms with Crippen LogP contribution in [-0.2, 0) is 0 Å². The van der Waals surface area contributed by atoms with Crippen LogP contribution in [0.4, 0.5) is 0 Å². The van der Waals surface area contributed by atoms with Crippen LogP contribution >= 0.6 is 0 Å². The predicted octanol–water partition coefficient (Wildman–Crippen LogP) is 4.83. The molecule has 2 radical (unpaired) electrons. The summed E-state index contributed by atoms with van der Waals surface area (Å²) < 4.78 is 0. The molecule has 2 unspecified atom stereocenters. The van der Waals surface area contributed by atoms with Crippen molar-refractivity contribution in [2.75, 3.05) is 0 Å². The van der Waals surface area contributed by atoms with Crippen molar-refractivity contribution in [3.05, 3.63) is 60.4 Å². The molecule has 3 rings (SSSR count). The zero-order valence-corrected chi connectivity index (χ0v) is 11.4. The van der Waals surface area contributed by atoms with Crippen molar-refractivity contribution in [1.82, 2.24) is 0 Å². The molecule has 2 saturated carbocycles. The summed E-state index contributed by atoms with van der Waals surface area (Å²) in [5.41, 5.74) is 1.63. The lowest BCUT2D eigenvalue weighted by molar-refractivity contribution is 0.441. The Labute approximate surface area is 111 Å². The van der Waals surface area contributed by atoms with Gasteiger partial charge in [-0.05, 0) is 35.7 Å². The van der Waals surface area contributed by atoms with E-state index >= 15 is 0 Å². The van der Waals surface area contributed by atoms with E-state index in [9.17, 15) is 0 Å². The van der Waals surface area contributed by atoms with Gasteiger partial charge in [0.25, 0.3) is 0 Å². The van der Waals surface area contributed by atoms with E-state index in [-0.39, 0.29) is 5.41 Å². The number of allylic oxidation sites excluding steroid dienone is 1. The number of hydrogen-bond donors (Lipinski definition) is 0. The molecule has 0 spiro atoms. The maximum atomic E-state index is 4.08. The highest BCUT2D eigenvalue weighted by Gasteiger charge is 2.56. The van der Waals surface area contributed by atoms with Crippen molar-refractivity contribution in [2.24, 2.45) is 17.3 Å². The lowest BCUT2D eigenvalue weighted by Gasteiger charge is -2.33. The molecule has 0 N–H and O–H groups in total. The molecule has 0 bridgehead atoms. The molecule has 18 heavy (non-hydrogen) atoms. The Hall–Kier alpha value is -1.04. The minimum absolute atomic E-state index is 0.193. The maximum Gasteiger partial charge on any atom is 0.0149 e. The highest BCUT2D eigenvalue weighted by molar-refractivity contribution is 5.47. The van der Waals surface area contributed by atoms with E-state index in [4.69, 9.17) is 0 Å². The molecule has 2 aliphatic rings. The van der Waals surface area contributed by atoms with Crippen molar-refractivity contribution >= 4 is 0 Å². The van der Waals surface area contributed by atoms with Gasteiger partial charge in [0, 0.05) is 11.8 Å². The molecule has 0 heteroatoms. The van der Waals surface area contributed by atoms with Crippen LogP contribution in [0.2, 0.25) is 0 Å². The zero-order chi connectivity index (χ0) is 12.8. The van der Waals surface area contributed by atoms with E-state index in [0.717, 1.165) is 11.8 Å². The molecule has 0 saturated heterocycles. The van der Waals surface area contributed by atoms with Crippen LogP contribution in [0.1, 0.15) is 38.7 Å². The van der Waals surface area contributed by atoms with Crippen LogP contribution in [0, 0.1) is 29.1 Å². The normalized spacial score (nSPS) is 31.4. The molecule has 0 heterocycles. The van der Waals surface area contributed by atoms with Crippen molar-refractivity contribution in [1.29, 1.82) is 0 Å². The van der Waals surface area contributed by atoms with E-state index in [1.165, 1.54) is 24.8 Å². The van der Waals surface area contributed by atoms with Crippen LogP contribution < -0.4 is 0 Å². The first-order chi connectivity index (χ1) is 8.66. The summed E-state index contributed by atoms with van der Waals surface area (Å²) in [6.45, 7) is 8.84. The van der Waals surface area contributed by atoms with Gasteiger partial charge in [0.1, 0.15) is 0 Å². The lowest BCUT2D eigenvalue weighted by atomic mass is 9.70. The number of hydrogen-bond acceptors (Lipinski definition) is 0. The molecule has 1 aromatic rings. The molecule has 0 aliphatic heterocycles. The van der Waals surface area contributed by atoms with Crippen molar-refractivity contribution in [3.63, 3.8) is 0 Å². The van der Waals surface area contributed by atoms with Crippen LogP contribution in [0.3, 0.4) is 0 Å². The first kappa shape index (κ1) is 12.0. The fourth-order valence-electron chi connectivity index (χ4n) is 4.36. The molecular formula is C18H22. The summed E-state index contributed by atoms with van der Waals surface area (Å²) in [4.78, 5) is 0. The first-order valence-electron chi connectivity index (χ1n) is 7.08. The Balaban J connectivity index is 2.04. The standard InChI is InChI=1S/C18H22/c1-4-16-14-11-8-12-15(14)17(18(16,2)3)13-9-6-5-7-10-13/h4-7,9-10,14-15H,1,8,11-12H2,2-3H3. The van der Waals surface area contributed by atoms with Gasteiger partial charge in [-0.3, -0.25) is 0 Å². The van der Waals surface area contributed by atoms with Crippen LogP contribution in [-0.4, -0.2) is 0 Å². The van der Waals surface area contributed by atoms with Gasteiger partial charge in [-0.1, -0.05) is 56.7 Å². The third-order valence-corrected chi connectivity index (χ3v) is 4.99. The summed E-state index contributed by atoms with van der Waals surface area (Å²) in [7, 11) is 0. The van der Waals surface area contributed by atoms with Gasteiger partial charge in [0.05, 0.1) is 0 Å². The van der Waals surface area contributed by atoms with Crippen molar-refractivity contribution in [2.45, 2.75) is 33.1 Å². The molecule has 2 fully saturated rings. The van der Waals surface area contributed by atoms with E-state index in [0.29, 0.717) is 0 Å². The largest absolute Gasteiger partial charge is 0.102 e. The molecular weight excluding hydrogens is 216 g/mol. The predicted molar refractivity (Wildman–Crippen MR) is 76.8 cm³/mol. The summed E-state index contributed by atoms with van der Waals surface area (Å²) in [5.74, 6) is 4.74. The minimum Gasteiger partial charge on any atom is -0.102 e. The second kappa shape index (κ2) is 4.26. The van der Waals surface area contributed by atoms with Gasteiger partial charge in [0.15, 0.2) is 0 Å². The quantitative estimate of drug-likeness (QED) is 0.692. The topological polar surface area (TPSA) is 0 Å². The van der Waals surface area contributed by atoms with Crippen molar-refractivity contribution < 1.29 is 0 Å². The number of rotatable bonds is 2. The molecule has 1 aromatic carbocycles. The third-order valence-electron chi connectivity index (χ3n) is 4.99. The highest BCUT2D eigenvalue weighted by atomic mass is 14.6. The summed E-state index contributed by atoms with van der Waals surface area (Å²) in [6, 6.07) is 11.0. The Kier molecular flexibility index (Phi) is 2.84. The third kappa shape index (κ3) is 1.58. The van der Waals surface area contributed by atoms with Crippen LogP contribution in [0.15, 0.2) is 43.0 Å². The molecule has 2 atom stereocenters. The van der Waals surface area contributed by atoms with Gasteiger partial charge in [-0.25, -0.2) is 0 Å². The van der Waals surface area contributed by atoms with Crippen LogP contribution in [0.5, 0.6) is 0 Å². The Morgan fingerprint density at radius 1 is 1.11 bits per heavy atom. The summed E-state index contributed by atoms with van der Waals surface area (Å²) in [6.07, 6.45) is 6.22. The monoisotopic (exact) mass is 238 g/mol. The summed E-state index contributed by atoms with van der Waals surface area (Å²) >= 11 is 0. The zero-order valence-electron chi connectivity index (χ0n) is 11.4. The van der Waals surface area contributed by atoms with E-state index in [2.05, 4.69) is 56.8 Å². The Morgan fingerprint density at radius 2 is 1.78 bits per heavy atom. The second-order valence-electron chi connectivity index (χ2n) is 6.21. The second-order valence-corrected chi connectivity index (χ2v) is 6.21. The van der Waals surface area contributed by atoms with Gasteiger partial charge < -0.3 is 0 Å². The SMILES string of the molecule is C=C[C]1C2CCCC2[C](c2ccccc2)C1(C)C. The van der Waals surface area contributed by atoms with Gasteiger partial charge in [-0.15, -0.1) is 6.58 Å². The maximum absolute atomic E-state index is 4.08.